The molecule has 41 heavy (non-hydrogen) atoms. The van der Waals surface area contributed by atoms with E-state index in [0.717, 1.165) is 21.9 Å². The third-order valence-corrected chi connectivity index (χ3v) is 8.68. The Morgan fingerprint density at radius 1 is 0.902 bits per heavy atom. The van der Waals surface area contributed by atoms with Crippen LogP contribution in [0.15, 0.2) is 77.7 Å². The molecular formula is C31H39N3O6S. The molecule has 0 heterocycles. The minimum atomic E-state index is -4.25. The van der Waals surface area contributed by atoms with Crippen molar-refractivity contribution >= 4 is 27.5 Å². The minimum Gasteiger partial charge on any atom is -0.493 e. The number of carbonyl (C=O) groups is 2. The van der Waals surface area contributed by atoms with Gasteiger partial charge in [0.15, 0.2) is 11.5 Å². The summed E-state index contributed by atoms with van der Waals surface area (Å²) in [5.74, 6) is -0.220. The highest BCUT2D eigenvalue weighted by molar-refractivity contribution is 7.92. The average Bonchev–Trinajstić information content (AvgIpc) is 2.98. The molecule has 3 aromatic carbocycles. The molecular weight excluding hydrogens is 542 g/mol. The van der Waals surface area contributed by atoms with E-state index in [4.69, 9.17) is 9.47 Å². The van der Waals surface area contributed by atoms with E-state index in [-0.39, 0.29) is 29.1 Å². The molecule has 0 aliphatic rings. The van der Waals surface area contributed by atoms with Crippen molar-refractivity contribution in [3.8, 4) is 11.5 Å². The van der Waals surface area contributed by atoms with Crippen LogP contribution in [-0.4, -0.2) is 58.0 Å². The Kier molecular flexibility index (Phi) is 10.8. The SMILES string of the molecule is CC[C@H](C)NC(=O)[C@@H](C)N(Cc1ccccc1)C(=O)CN(c1ccc(C)cc1)S(=O)(=O)c1ccc(OC)c(OC)c1. The van der Waals surface area contributed by atoms with Crippen molar-refractivity contribution < 1.29 is 27.5 Å². The second kappa shape index (κ2) is 14.0. The zero-order chi connectivity index (χ0) is 30.2. The van der Waals surface area contributed by atoms with Gasteiger partial charge >= 0.3 is 0 Å². The minimum absolute atomic E-state index is 0.0688. The largest absolute Gasteiger partial charge is 0.493 e. The second-order valence-electron chi connectivity index (χ2n) is 9.87. The van der Waals surface area contributed by atoms with Gasteiger partial charge in [-0.15, -0.1) is 0 Å². The molecule has 2 atom stereocenters. The fourth-order valence-electron chi connectivity index (χ4n) is 4.17. The van der Waals surface area contributed by atoms with Crippen LogP contribution in [0.25, 0.3) is 0 Å². The lowest BCUT2D eigenvalue weighted by Gasteiger charge is -2.32. The van der Waals surface area contributed by atoms with E-state index in [1.165, 1.54) is 37.3 Å². The van der Waals surface area contributed by atoms with E-state index in [9.17, 15) is 18.0 Å². The summed E-state index contributed by atoms with van der Waals surface area (Å²) in [6, 6.07) is 19.5. The smallest absolute Gasteiger partial charge is 0.264 e. The molecule has 220 valence electrons. The Hall–Kier alpha value is -4.05. The van der Waals surface area contributed by atoms with Gasteiger partial charge in [0.2, 0.25) is 11.8 Å². The zero-order valence-corrected chi connectivity index (χ0v) is 25.3. The van der Waals surface area contributed by atoms with E-state index >= 15 is 0 Å². The van der Waals surface area contributed by atoms with Crippen LogP contribution in [0.1, 0.15) is 38.3 Å². The number of nitrogens with zero attached hydrogens (tertiary/aromatic N) is 2. The summed E-state index contributed by atoms with van der Waals surface area (Å²) in [6.07, 6.45) is 0.732. The van der Waals surface area contributed by atoms with Crippen LogP contribution in [0, 0.1) is 6.92 Å². The number of hydrogen-bond donors (Lipinski definition) is 1. The maximum absolute atomic E-state index is 14.1. The van der Waals surface area contributed by atoms with Gasteiger partial charge in [-0.2, -0.15) is 0 Å². The number of benzene rings is 3. The molecule has 0 unspecified atom stereocenters. The van der Waals surface area contributed by atoms with Crippen molar-refractivity contribution in [3.63, 3.8) is 0 Å². The maximum atomic E-state index is 14.1. The molecule has 0 saturated carbocycles. The summed E-state index contributed by atoms with van der Waals surface area (Å²) in [7, 11) is -1.36. The predicted octanol–water partition coefficient (Wildman–Crippen LogP) is 4.54. The molecule has 3 aromatic rings. The molecule has 0 aromatic heterocycles. The van der Waals surface area contributed by atoms with Crippen LogP contribution in [-0.2, 0) is 26.2 Å². The molecule has 0 bridgehead atoms. The second-order valence-corrected chi connectivity index (χ2v) is 11.7. The highest BCUT2D eigenvalue weighted by Crippen LogP contribution is 2.32. The van der Waals surface area contributed by atoms with Crippen LogP contribution in [0.3, 0.4) is 0 Å². The zero-order valence-electron chi connectivity index (χ0n) is 24.5. The third kappa shape index (κ3) is 7.79. The summed E-state index contributed by atoms with van der Waals surface area (Å²) in [4.78, 5) is 28.5. The normalized spacial score (nSPS) is 12.6. The van der Waals surface area contributed by atoms with E-state index in [1.807, 2.05) is 51.1 Å². The third-order valence-electron chi connectivity index (χ3n) is 6.91. The van der Waals surface area contributed by atoms with E-state index < -0.39 is 28.5 Å². The van der Waals surface area contributed by atoms with E-state index in [2.05, 4.69) is 5.32 Å². The van der Waals surface area contributed by atoms with Gasteiger partial charge in [0, 0.05) is 18.7 Å². The first-order chi connectivity index (χ1) is 19.5. The molecule has 0 spiro atoms. The molecule has 2 amide bonds. The lowest BCUT2D eigenvalue weighted by molar-refractivity contribution is -0.139. The van der Waals surface area contributed by atoms with Gasteiger partial charge < -0.3 is 19.7 Å². The van der Waals surface area contributed by atoms with Gasteiger partial charge in [0.05, 0.1) is 24.8 Å². The predicted molar refractivity (Wildman–Crippen MR) is 160 cm³/mol. The number of anilines is 1. The summed E-state index contributed by atoms with van der Waals surface area (Å²) in [5, 5.41) is 2.93. The Bertz CT molecular complexity index is 1430. The fourth-order valence-corrected chi connectivity index (χ4v) is 5.60. The van der Waals surface area contributed by atoms with Crippen molar-refractivity contribution in [2.24, 2.45) is 0 Å². The van der Waals surface area contributed by atoms with Gasteiger partial charge in [0.1, 0.15) is 12.6 Å². The number of aryl methyl sites for hydroxylation is 1. The summed E-state index contributed by atoms with van der Waals surface area (Å²) >= 11 is 0. The molecule has 0 radical (unpaired) electrons. The monoisotopic (exact) mass is 581 g/mol. The molecule has 0 saturated heterocycles. The summed E-state index contributed by atoms with van der Waals surface area (Å²) in [5.41, 5.74) is 2.06. The van der Waals surface area contributed by atoms with Gasteiger partial charge in [0.25, 0.3) is 10.0 Å². The quantitative estimate of drug-likeness (QED) is 0.318. The average molecular weight is 582 g/mol. The maximum Gasteiger partial charge on any atom is 0.264 e. The van der Waals surface area contributed by atoms with Crippen LogP contribution in [0.5, 0.6) is 11.5 Å². The Balaban J connectivity index is 2.05. The van der Waals surface area contributed by atoms with Crippen molar-refractivity contribution in [1.82, 2.24) is 10.2 Å². The molecule has 0 fully saturated rings. The van der Waals surface area contributed by atoms with Crippen LogP contribution in [0.4, 0.5) is 5.69 Å². The summed E-state index contributed by atoms with van der Waals surface area (Å²) in [6.45, 7) is 7.00. The highest BCUT2D eigenvalue weighted by atomic mass is 32.2. The van der Waals surface area contributed by atoms with Crippen molar-refractivity contribution in [3.05, 3.63) is 83.9 Å². The number of amides is 2. The fraction of sp³-hybridized carbons (Fsp3) is 0.355. The first-order valence-electron chi connectivity index (χ1n) is 13.5. The number of methoxy groups -OCH3 is 2. The number of ether oxygens (including phenoxy) is 2. The van der Waals surface area contributed by atoms with Gasteiger partial charge in [-0.05, 0) is 57.0 Å². The van der Waals surface area contributed by atoms with Gasteiger partial charge in [-0.25, -0.2) is 8.42 Å². The van der Waals surface area contributed by atoms with Gasteiger partial charge in [-0.1, -0.05) is 55.0 Å². The first-order valence-corrected chi connectivity index (χ1v) is 14.9. The standard InChI is InChI=1S/C31H39N3O6S/c1-7-23(3)32-31(36)24(4)33(20-25-11-9-8-10-12-25)30(35)21-34(26-15-13-22(2)14-16-26)41(37,38)27-17-18-28(39-5)29(19-27)40-6/h8-19,23-24H,7,20-21H2,1-6H3,(H,32,36)/t23-,24+/m0/s1. The number of nitrogens with one attached hydrogen (secondary N) is 1. The molecule has 0 aliphatic carbocycles. The van der Waals surface area contributed by atoms with Crippen molar-refractivity contribution in [2.75, 3.05) is 25.1 Å². The van der Waals surface area contributed by atoms with Gasteiger partial charge in [-0.3, -0.25) is 13.9 Å². The van der Waals surface area contributed by atoms with Crippen LogP contribution < -0.4 is 19.1 Å². The lowest BCUT2D eigenvalue weighted by atomic mass is 10.1. The first kappa shape index (κ1) is 31.5. The lowest BCUT2D eigenvalue weighted by Crippen LogP contribution is -2.52. The van der Waals surface area contributed by atoms with E-state index in [1.54, 1.807) is 31.2 Å². The summed E-state index contributed by atoms with van der Waals surface area (Å²) < 4.78 is 39.8. The molecule has 9 nitrogen and oxygen atoms in total. The molecule has 0 aliphatic heterocycles. The van der Waals surface area contributed by atoms with Crippen molar-refractivity contribution in [2.45, 2.75) is 57.6 Å². The van der Waals surface area contributed by atoms with Crippen LogP contribution in [0.2, 0.25) is 0 Å². The molecule has 1 N–H and O–H groups in total. The van der Waals surface area contributed by atoms with Crippen LogP contribution >= 0.6 is 0 Å². The number of rotatable bonds is 13. The Morgan fingerprint density at radius 2 is 1.54 bits per heavy atom. The molecule has 10 heteroatoms. The topological polar surface area (TPSA) is 105 Å². The highest BCUT2D eigenvalue weighted by Gasteiger charge is 2.33. The Morgan fingerprint density at radius 3 is 2.12 bits per heavy atom. The molecule has 3 rings (SSSR count). The number of carbonyl (C=O) groups excluding carboxylic acids is 2. The van der Waals surface area contributed by atoms with Crippen molar-refractivity contribution in [1.29, 1.82) is 0 Å². The Labute approximate surface area is 243 Å². The van der Waals surface area contributed by atoms with E-state index in [0.29, 0.717) is 11.4 Å². The number of sulfonamides is 1. The number of hydrogen-bond acceptors (Lipinski definition) is 6.